The number of aryl methyl sites for hydroxylation is 1. The number of allylic oxidation sites excluding steroid dienone is 3. The molecule has 0 aromatic carbocycles. The van der Waals surface area contributed by atoms with Crippen LogP contribution in [-0.2, 0) is 13.6 Å². The van der Waals surface area contributed by atoms with Gasteiger partial charge in [-0.3, -0.25) is 9.36 Å². The average molecular weight is 206 g/mol. The van der Waals surface area contributed by atoms with Crippen molar-refractivity contribution in [3.63, 3.8) is 0 Å². The van der Waals surface area contributed by atoms with Crippen LogP contribution in [0.3, 0.4) is 0 Å². The molecule has 1 rings (SSSR count). The van der Waals surface area contributed by atoms with Gasteiger partial charge in [-0.05, 0) is 12.5 Å². The van der Waals surface area contributed by atoms with Crippen LogP contribution in [0.1, 0.15) is 6.92 Å². The molecule has 4 heteroatoms. The van der Waals surface area contributed by atoms with E-state index < -0.39 is 0 Å². The quantitative estimate of drug-likeness (QED) is 0.682. The molecule has 0 N–H and O–H groups in total. The lowest BCUT2D eigenvalue weighted by Crippen LogP contribution is -2.38. The van der Waals surface area contributed by atoms with Crippen LogP contribution in [0.4, 0.5) is 0 Å². The van der Waals surface area contributed by atoms with Gasteiger partial charge in [0.1, 0.15) is 0 Å². The van der Waals surface area contributed by atoms with Crippen LogP contribution in [-0.4, -0.2) is 9.13 Å². The smallest absolute Gasteiger partial charge is 0.303 e. The second kappa shape index (κ2) is 4.59. The van der Waals surface area contributed by atoms with Crippen molar-refractivity contribution in [1.29, 1.82) is 0 Å². The Kier molecular flexibility index (Phi) is 3.44. The van der Waals surface area contributed by atoms with Gasteiger partial charge in [-0.25, -0.2) is 4.79 Å². The monoisotopic (exact) mass is 206 g/mol. The van der Waals surface area contributed by atoms with Crippen molar-refractivity contribution >= 4 is 0 Å². The van der Waals surface area contributed by atoms with Gasteiger partial charge in [0, 0.05) is 19.3 Å². The van der Waals surface area contributed by atoms with E-state index in [-0.39, 0.29) is 17.8 Å². The summed E-state index contributed by atoms with van der Waals surface area (Å²) in [6, 6.07) is 1.37. The van der Waals surface area contributed by atoms with Crippen LogP contribution in [0, 0.1) is 0 Å². The standard InChI is InChI=1S/C11H14N2O2/c1-4-9(5-2)8-13-10(14)6-7-12(3)11(13)15/h4-7H,1,8H2,2-3H3/b9-5+. The Morgan fingerprint density at radius 3 is 2.73 bits per heavy atom. The van der Waals surface area contributed by atoms with E-state index >= 15 is 0 Å². The summed E-state index contributed by atoms with van der Waals surface area (Å²) in [6.07, 6.45) is 4.93. The largest absolute Gasteiger partial charge is 0.331 e. The fourth-order valence-corrected chi connectivity index (χ4v) is 1.22. The first-order valence-corrected chi connectivity index (χ1v) is 4.64. The number of aromatic nitrogens is 2. The molecule has 0 saturated heterocycles. The maximum Gasteiger partial charge on any atom is 0.331 e. The van der Waals surface area contributed by atoms with E-state index in [0.29, 0.717) is 0 Å². The molecule has 1 aromatic rings. The molecule has 1 heterocycles. The van der Waals surface area contributed by atoms with E-state index in [2.05, 4.69) is 6.58 Å². The van der Waals surface area contributed by atoms with Crippen LogP contribution in [0.5, 0.6) is 0 Å². The molecule has 80 valence electrons. The highest BCUT2D eigenvalue weighted by molar-refractivity contribution is 5.15. The van der Waals surface area contributed by atoms with E-state index in [1.165, 1.54) is 21.4 Å². The minimum atomic E-state index is -0.316. The molecule has 0 aliphatic carbocycles. The predicted molar refractivity (Wildman–Crippen MR) is 59.9 cm³/mol. The summed E-state index contributed by atoms with van der Waals surface area (Å²) in [7, 11) is 1.61. The van der Waals surface area contributed by atoms with Crippen molar-refractivity contribution in [2.24, 2.45) is 7.05 Å². The normalized spacial score (nSPS) is 11.5. The molecule has 0 fully saturated rings. The Labute approximate surface area is 87.8 Å². The zero-order valence-electron chi connectivity index (χ0n) is 8.93. The first-order chi connectivity index (χ1) is 7.10. The van der Waals surface area contributed by atoms with E-state index in [1.54, 1.807) is 13.1 Å². The lowest BCUT2D eigenvalue weighted by Gasteiger charge is -2.06. The molecule has 4 nitrogen and oxygen atoms in total. The highest BCUT2D eigenvalue weighted by Gasteiger charge is 2.03. The third-order valence-corrected chi connectivity index (χ3v) is 2.21. The fourth-order valence-electron chi connectivity index (χ4n) is 1.22. The number of hydrogen-bond acceptors (Lipinski definition) is 2. The van der Waals surface area contributed by atoms with Gasteiger partial charge in [-0.2, -0.15) is 0 Å². The SMILES string of the molecule is C=C/C(=C\C)Cn1c(=O)ccn(C)c1=O. The Bertz CT molecular complexity index is 506. The van der Waals surface area contributed by atoms with Gasteiger partial charge >= 0.3 is 5.69 Å². The van der Waals surface area contributed by atoms with Crippen molar-refractivity contribution in [3.05, 3.63) is 57.4 Å². The molecule has 0 aliphatic heterocycles. The Morgan fingerprint density at radius 2 is 2.20 bits per heavy atom. The summed E-state index contributed by atoms with van der Waals surface area (Å²) in [6.45, 7) is 5.73. The van der Waals surface area contributed by atoms with Gasteiger partial charge in [0.2, 0.25) is 0 Å². The second-order valence-corrected chi connectivity index (χ2v) is 3.20. The third kappa shape index (κ3) is 2.34. The maximum absolute atomic E-state index is 11.6. The fraction of sp³-hybridized carbons (Fsp3) is 0.273. The van der Waals surface area contributed by atoms with Crippen LogP contribution < -0.4 is 11.2 Å². The first-order valence-electron chi connectivity index (χ1n) is 4.64. The molecule has 0 aliphatic rings. The van der Waals surface area contributed by atoms with Gasteiger partial charge in [0.25, 0.3) is 5.56 Å². The highest BCUT2D eigenvalue weighted by atomic mass is 16.2. The molecule has 0 saturated carbocycles. The lowest BCUT2D eigenvalue weighted by atomic mass is 10.2. The molecule has 0 spiro atoms. The first kappa shape index (κ1) is 11.2. The van der Waals surface area contributed by atoms with Gasteiger partial charge in [0.05, 0.1) is 6.54 Å². The minimum absolute atomic E-state index is 0.270. The molecule has 15 heavy (non-hydrogen) atoms. The highest BCUT2D eigenvalue weighted by Crippen LogP contribution is 1.96. The molecule has 0 atom stereocenters. The average Bonchev–Trinajstić information content (AvgIpc) is 2.24. The second-order valence-electron chi connectivity index (χ2n) is 3.20. The molecular weight excluding hydrogens is 192 g/mol. The number of nitrogens with zero attached hydrogens (tertiary/aromatic N) is 2. The Morgan fingerprint density at radius 1 is 1.53 bits per heavy atom. The summed E-state index contributed by atoms with van der Waals surface area (Å²) in [5.74, 6) is 0. The van der Waals surface area contributed by atoms with Crippen LogP contribution in [0.25, 0.3) is 0 Å². The van der Waals surface area contributed by atoms with Crippen LogP contribution in [0.15, 0.2) is 46.2 Å². The van der Waals surface area contributed by atoms with Crippen molar-refractivity contribution < 1.29 is 0 Å². The molecule has 0 bridgehead atoms. The molecule has 0 unspecified atom stereocenters. The zero-order chi connectivity index (χ0) is 11.4. The molecular formula is C11H14N2O2. The summed E-state index contributed by atoms with van der Waals surface area (Å²) in [5.41, 5.74) is 0.239. The van der Waals surface area contributed by atoms with Crippen molar-refractivity contribution in [2.75, 3.05) is 0 Å². The van der Waals surface area contributed by atoms with Gasteiger partial charge in [0.15, 0.2) is 0 Å². The van der Waals surface area contributed by atoms with Gasteiger partial charge in [-0.1, -0.05) is 18.7 Å². The molecule has 1 aromatic heterocycles. The van der Waals surface area contributed by atoms with Crippen molar-refractivity contribution in [3.8, 4) is 0 Å². The zero-order valence-corrected chi connectivity index (χ0v) is 8.93. The lowest BCUT2D eigenvalue weighted by molar-refractivity contribution is 0.639. The van der Waals surface area contributed by atoms with E-state index in [1.807, 2.05) is 13.0 Å². The minimum Gasteiger partial charge on any atom is -0.303 e. The summed E-state index contributed by atoms with van der Waals surface area (Å²) in [5, 5.41) is 0. The molecule has 0 amide bonds. The van der Waals surface area contributed by atoms with Gasteiger partial charge in [-0.15, -0.1) is 0 Å². The number of hydrogen-bond donors (Lipinski definition) is 0. The summed E-state index contributed by atoms with van der Waals surface area (Å²) >= 11 is 0. The van der Waals surface area contributed by atoms with Crippen molar-refractivity contribution in [2.45, 2.75) is 13.5 Å². The maximum atomic E-state index is 11.6. The van der Waals surface area contributed by atoms with Gasteiger partial charge < -0.3 is 4.57 Å². The van der Waals surface area contributed by atoms with Crippen LogP contribution >= 0.6 is 0 Å². The number of rotatable bonds is 3. The third-order valence-electron chi connectivity index (χ3n) is 2.21. The topological polar surface area (TPSA) is 44.0 Å². The Hall–Kier alpha value is -1.84. The molecule has 0 radical (unpaired) electrons. The van der Waals surface area contributed by atoms with Crippen molar-refractivity contribution in [1.82, 2.24) is 9.13 Å². The van der Waals surface area contributed by atoms with E-state index in [9.17, 15) is 9.59 Å². The van der Waals surface area contributed by atoms with E-state index in [0.717, 1.165) is 5.57 Å². The summed E-state index contributed by atoms with van der Waals surface area (Å²) in [4.78, 5) is 23.1. The predicted octanol–water partition coefficient (Wildman–Crippen LogP) is 0.679. The van der Waals surface area contributed by atoms with Crippen LogP contribution in [0.2, 0.25) is 0 Å². The van der Waals surface area contributed by atoms with E-state index in [4.69, 9.17) is 0 Å². The Balaban J connectivity index is 3.27. The summed E-state index contributed by atoms with van der Waals surface area (Å²) < 4.78 is 2.55.